The molecule has 0 fully saturated rings. The van der Waals surface area contributed by atoms with Crippen LogP contribution in [0, 0.1) is 0 Å². The van der Waals surface area contributed by atoms with Crippen molar-refractivity contribution in [2.24, 2.45) is 0 Å². The third-order valence-corrected chi connectivity index (χ3v) is 4.66. The van der Waals surface area contributed by atoms with Gasteiger partial charge in [0, 0.05) is 9.37 Å². The lowest BCUT2D eigenvalue weighted by Gasteiger charge is -2.03. The SMILES string of the molecule is CSc1ccc(C(=O)OCc2nnc(-c3ccccc3Br)o2)cc1. The van der Waals surface area contributed by atoms with Crippen LogP contribution in [0.25, 0.3) is 11.5 Å². The monoisotopic (exact) mass is 404 g/mol. The number of halogens is 1. The summed E-state index contributed by atoms with van der Waals surface area (Å²) in [6, 6.07) is 14.7. The number of nitrogens with zero attached hydrogens (tertiary/aromatic N) is 2. The van der Waals surface area contributed by atoms with E-state index in [9.17, 15) is 4.79 Å². The molecule has 3 aromatic rings. The predicted molar refractivity (Wildman–Crippen MR) is 94.8 cm³/mol. The van der Waals surface area contributed by atoms with Gasteiger partial charge in [-0.15, -0.1) is 22.0 Å². The Balaban J connectivity index is 1.65. The van der Waals surface area contributed by atoms with Crippen molar-refractivity contribution in [3.8, 4) is 11.5 Å². The Morgan fingerprint density at radius 3 is 2.62 bits per heavy atom. The minimum atomic E-state index is -0.428. The van der Waals surface area contributed by atoms with Crippen LogP contribution < -0.4 is 0 Å². The van der Waals surface area contributed by atoms with E-state index in [-0.39, 0.29) is 12.5 Å². The summed E-state index contributed by atoms with van der Waals surface area (Å²) in [6.45, 7) is -0.0689. The van der Waals surface area contributed by atoms with Crippen molar-refractivity contribution in [3.05, 3.63) is 64.5 Å². The van der Waals surface area contributed by atoms with Gasteiger partial charge in [-0.2, -0.15) is 0 Å². The smallest absolute Gasteiger partial charge is 0.338 e. The predicted octanol–water partition coefficient (Wildman–Crippen LogP) is 4.58. The van der Waals surface area contributed by atoms with Gasteiger partial charge in [0.25, 0.3) is 5.89 Å². The van der Waals surface area contributed by atoms with Gasteiger partial charge in [-0.3, -0.25) is 0 Å². The first-order chi connectivity index (χ1) is 11.7. The van der Waals surface area contributed by atoms with E-state index in [1.54, 1.807) is 23.9 Å². The molecule has 1 heterocycles. The fourth-order valence-electron chi connectivity index (χ4n) is 1.99. The maximum absolute atomic E-state index is 12.0. The molecule has 7 heteroatoms. The van der Waals surface area contributed by atoms with E-state index in [1.165, 1.54) is 0 Å². The molecule has 5 nitrogen and oxygen atoms in total. The third kappa shape index (κ3) is 3.85. The lowest BCUT2D eigenvalue weighted by molar-refractivity contribution is 0.0438. The molecule has 0 aliphatic carbocycles. The summed E-state index contributed by atoms with van der Waals surface area (Å²) in [5, 5.41) is 7.89. The Hall–Kier alpha value is -2.12. The van der Waals surface area contributed by atoms with Crippen LogP contribution >= 0.6 is 27.7 Å². The molecule has 24 heavy (non-hydrogen) atoms. The second-order valence-electron chi connectivity index (χ2n) is 4.79. The first kappa shape index (κ1) is 16.7. The maximum Gasteiger partial charge on any atom is 0.338 e. The summed E-state index contributed by atoms with van der Waals surface area (Å²) < 4.78 is 11.6. The van der Waals surface area contributed by atoms with Gasteiger partial charge in [0.15, 0.2) is 6.61 Å². The highest BCUT2D eigenvalue weighted by Crippen LogP contribution is 2.26. The van der Waals surface area contributed by atoms with Crippen molar-refractivity contribution in [1.29, 1.82) is 0 Å². The molecular formula is C17H13BrN2O3S. The average molecular weight is 405 g/mol. The molecule has 0 unspecified atom stereocenters. The molecule has 1 aromatic heterocycles. The third-order valence-electron chi connectivity index (χ3n) is 3.22. The fraction of sp³-hybridized carbons (Fsp3) is 0.118. The van der Waals surface area contributed by atoms with Crippen LogP contribution in [0.15, 0.2) is 62.3 Å². The van der Waals surface area contributed by atoms with Crippen LogP contribution in [0.1, 0.15) is 16.2 Å². The number of aromatic nitrogens is 2. The highest BCUT2D eigenvalue weighted by atomic mass is 79.9. The zero-order valence-electron chi connectivity index (χ0n) is 12.7. The van der Waals surface area contributed by atoms with E-state index in [4.69, 9.17) is 9.15 Å². The summed E-state index contributed by atoms with van der Waals surface area (Å²) in [5.41, 5.74) is 1.27. The highest BCUT2D eigenvalue weighted by molar-refractivity contribution is 9.10. The molecule has 0 spiro atoms. The molecule has 0 amide bonds. The van der Waals surface area contributed by atoms with Gasteiger partial charge in [0.2, 0.25) is 5.89 Å². The Morgan fingerprint density at radius 2 is 1.92 bits per heavy atom. The van der Waals surface area contributed by atoms with Gasteiger partial charge in [0.1, 0.15) is 0 Å². The van der Waals surface area contributed by atoms with Crippen molar-refractivity contribution < 1.29 is 13.9 Å². The van der Waals surface area contributed by atoms with E-state index in [0.29, 0.717) is 11.5 Å². The summed E-state index contributed by atoms with van der Waals surface area (Å²) >= 11 is 5.04. The Labute approximate surface area is 151 Å². The summed E-state index contributed by atoms with van der Waals surface area (Å²) in [5.74, 6) is 0.191. The first-order valence-corrected chi connectivity index (χ1v) is 9.07. The van der Waals surface area contributed by atoms with Crippen LogP contribution in [-0.2, 0) is 11.3 Å². The van der Waals surface area contributed by atoms with Gasteiger partial charge >= 0.3 is 5.97 Å². The molecule has 3 rings (SSSR count). The Morgan fingerprint density at radius 1 is 1.17 bits per heavy atom. The molecule has 0 aliphatic heterocycles. The number of esters is 1. The molecule has 0 radical (unpaired) electrons. The van der Waals surface area contributed by atoms with Gasteiger partial charge in [0.05, 0.1) is 11.1 Å². The number of thioether (sulfide) groups is 1. The van der Waals surface area contributed by atoms with E-state index < -0.39 is 5.97 Å². The van der Waals surface area contributed by atoms with Gasteiger partial charge in [-0.25, -0.2) is 4.79 Å². The molecule has 122 valence electrons. The van der Waals surface area contributed by atoms with Crippen LogP contribution in [0.3, 0.4) is 0 Å². The summed E-state index contributed by atoms with van der Waals surface area (Å²) in [7, 11) is 0. The molecule has 2 aromatic carbocycles. The van der Waals surface area contributed by atoms with E-state index >= 15 is 0 Å². The quantitative estimate of drug-likeness (QED) is 0.458. The van der Waals surface area contributed by atoms with Crippen molar-refractivity contribution in [2.75, 3.05) is 6.26 Å². The molecule has 0 bridgehead atoms. The molecular weight excluding hydrogens is 392 g/mol. The lowest BCUT2D eigenvalue weighted by atomic mass is 10.2. The van der Waals surface area contributed by atoms with Gasteiger partial charge < -0.3 is 9.15 Å². The number of carbonyl (C=O) groups excluding carboxylic acids is 1. The minimum absolute atomic E-state index is 0.0689. The second-order valence-corrected chi connectivity index (χ2v) is 6.52. The van der Waals surface area contributed by atoms with Crippen LogP contribution in [0.2, 0.25) is 0 Å². The standard InChI is InChI=1S/C17H13BrN2O3S/c1-24-12-8-6-11(7-9-12)17(21)22-10-15-19-20-16(23-15)13-4-2-3-5-14(13)18/h2-9H,10H2,1H3. The van der Waals surface area contributed by atoms with E-state index in [2.05, 4.69) is 26.1 Å². The van der Waals surface area contributed by atoms with Crippen molar-refractivity contribution in [1.82, 2.24) is 10.2 Å². The number of hydrogen-bond acceptors (Lipinski definition) is 6. The topological polar surface area (TPSA) is 65.2 Å². The van der Waals surface area contributed by atoms with Crippen molar-refractivity contribution >= 4 is 33.7 Å². The highest BCUT2D eigenvalue weighted by Gasteiger charge is 2.13. The number of hydrogen-bond donors (Lipinski definition) is 0. The van der Waals surface area contributed by atoms with Gasteiger partial charge in [-0.05, 0) is 58.6 Å². The number of benzene rings is 2. The largest absolute Gasteiger partial charge is 0.452 e. The average Bonchev–Trinajstić information content (AvgIpc) is 3.09. The molecule has 0 N–H and O–H groups in total. The summed E-state index contributed by atoms with van der Waals surface area (Å²) in [4.78, 5) is 13.1. The number of carbonyl (C=O) groups is 1. The summed E-state index contributed by atoms with van der Waals surface area (Å²) in [6.07, 6.45) is 1.98. The molecule has 0 saturated heterocycles. The normalized spacial score (nSPS) is 10.6. The Bertz CT molecular complexity index is 849. The van der Waals surface area contributed by atoms with E-state index in [1.807, 2.05) is 42.7 Å². The fourth-order valence-corrected chi connectivity index (χ4v) is 2.86. The lowest BCUT2D eigenvalue weighted by Crippen LogP contribution is -2.05. The molecule has 0 saturated carbocycles. The minimum Gasteiger partial charge on any atom is -0.452 e. The van der Waals surface area contributed by atoms with Crippen molar-refractivity contribution in [2.45, 2.75) is 11.5 Å². The van der Waals surface area contributed by atoms with Crippen LogP contribution in [-0.4, -0.2) is 22.4 Å². The zero-order chi connectivity index (χ0) is 16.9. The molecule has 0 aliphatic rings. The first-order valence-electron chi connectivity index (χ1n) is 7.06. The number of ether oxygens (including phenoxy) is 1. The van der Waals surface area contributed by atoms with Gasteiger partial charge in [-0.1, -0.05) is 12.1 Å². The zero-order valence-corrected chi connectivity index (χ0v) is 15.1. The van der Waals surface area contributed by atoms with Crippen LogP contribution in [0.5, 0.6) is 0 Å². The maximum atomic E-state index is 12.0. The van der Waals surface area contributed by atoms with Crippen molar-refractivity contribution in [3.63, 3.8) is 0 Å². The molecule has 0 atom stereocenters. The van der Waals surface area contributed by atoms with Crippen LogP contribution in [0.4, 0.5) is 0 Å². The second kappa shape index (κ2) is 7.63. The Kier molecular flexibility index (Phi) is 5.32. The van der Waals surface area contributed by atoms with E-state index in [0.717, 1.165) is 14.9 Å². The number of rotatable bonds is 5.